The Kier molecular flexibility index (Phi) is 4.45. The van der Waals surface area contributed by atoms with Crippen LogP contribution >= 0.6 is 0 Å². The van der Waals surface area contributed by atoms with E-state index >= 15 is 0 Å². The van der Waals surface area contributed by atoms with E-state index in [0.717, 1.165) is 23.2 Å². The molecule has 0 saturated carbocycles. The van der Waals surface area contributed by atoms with Gasteiger partial charge in [0.1, 0.15) is 12.4 Å². The highest BCUT2D eigenvalue weighted by atomic mass is 19.4. The molecule has 156 valence electrons. The zero-order valence-corrected chi connectivity index (χ0v) is 16.2. The van der Waals surface area contributed by atoms with E-state index in [9.17, 15) is 18.0 Å². The van der Waals surface area contributed by atoms with Gasteiger partial charge in [0, 0.05) is 55.9 Å². The molecular formula is C22H21F3N4O. The summed E-state index contributed by atoms with van der Waals surface area (Å²) in [6.07, 6.45) is -1.54. The number of aromatic nitrogens is 2. The molecule has 0 aliphatic carbocycles. The van der Waals surface area contributed by atoms with Crippen LogP contribution in [0.25, 0.3) is 10.9 Å². The van der Waals surface area contributed by atoms with E-state index in [1.807, 2.05) is 50.9 Å². The van der Waals surface area contributed by atoms with E-state index in [0.29, 0.717) is 50.4 Å². The fourth-order valence-electron chi connectivity index (χ4n) is 4.65. The highest BCUT2D eigenvalue weighted by Gasteiger charge is 2.42. The Morgan fingerprint density at radius 1 is 1.00 bits per heavy atom. The summed E-state index contributed by atoms with van der Waals surface area (Å²) in [7, 11) is 0. The number of alkyl halides is 3. The maximum atomic E-state index is 12.8. The summed E-state index contributed by atoms with van der Waals surface area (Å²) < 4.78 is 40.2. The molecule has 8 heteroatoms. The number of carbonyl (C=O) groups is 1. The molecule has 0 N–H and O–H groups in total. The minimum atomic E-state index is -4.38. The molecule has 5 nitrogen and oxygen atoms in total. The molecule has 3 aromatic rings. The van der Waals surface area contributed by atoms with Crippen molar-refractivity contribution in [2.75, 3.05) is 31.1 Å². The molecule has 2 atom stereocenters. The van der Waals surface area contributed by atoms with Crippen LogP contribution in [0.4, 0.5) is 19.0 Å². The lowest BCUT2D eigenvalue weighted by atomic mass is 10.0. The highest BCUT2D eigenvalue weighted by Crippen LogP contribution is 2.35. The number of pyridine rings is 1. The number of halogens is 3. The predicted molar refractivity (Wildman–Crippen MR) is 107 cm³/mol. The molecule has 30 heavy (non-hydrogen) atoms. The molecule has 0 spiro atoms. The van der Waals surface area contributed by atoms with Crippen molar-refractivity contribution in [1.82, 2.24) is 14.5 Å². The average Bonchev–Trinajstić information content (AvgIpc) is 3.41. The first-order valence-electron chi connectivity index (χ1n) is 9.98. The Hall–Kier alpha value is -3.03. The van der Waals surface area contributed by atoms with E-state index in [4.69, 9.17) is 0 Å². The van der Waals surface area contributed by atoms with Gasteiger partial charge in [-0.15, -0.1) is 0 Å². The fraction of sp³-hybridized carbons (Fsp3) is 0.364. The topological polar surface area (TPSA) is 41.4 Å². The summed E-state index contributed by atoms with van der Waals surface area (Å²) in [4.78, 5) is 20.8. The maximum Gasteiger partial charge on any atom is 0.417 e. The molecule has 2 fully saturated rings. The quantitative estimate of drug-likeness (QED) is 0.657. The second-order valence-corrected chi connectivity index (χ2v) is 8.13. The lowest BCUT2D eigenvalue weighted by Gasteiger charge is -2.23. The zero-order chi connectivity index (χ0) is 20.9. The molecular weight excluding hydrogens is 393 g/mol. The number of hydrogen-bond acceptors (Lipinski definition) is 3. The van der Waals surface area contributed by atoms with Crippen molar-refractivity contribution in [1.29, 1.82) is 0 Å². The second-order valence-electron chi connectivity index (χ2n) is 8.13. The molecule has 0 bridgehead atoms. The Bertz CT molecular complexity index is 1060. The third-order valence-corrected chi connectivity index (χ3v) is 6.22. The average molecular weight is 414 g/mol. The van der Waals surface area contributed by atoms with Crippen molar-refractivity contribution >= 4 is 22.6 Å². The van der Waals surface area contributed by atoms with Gasteiger partial charge in [-0.3, -0.25) is 4.79 Å². The summed E-state index contributed by atoms with van der Waals surface area (Å²) >= 11 is 0. The minimum Gasteiger partial charge on any atom is -0.356 e. The van der Waals surface area contributed by atoms with Crippen LogP contribution in [-0.4, -0.2) is 46.5 Å². The molecule has 2 unspecified atom stereocenters. The number of carbonyl (C=O) groups excluding carboxylic acids is 1. The second kappa shape index (κ2) is 7.04. The molecule has 5 rings (SSSR count). The van der Waals surface area contributed by atoms with Crippen LogP contribution in [0.1, 0.15) is 5.56 Å². The van der Waals surface area contributed by atoms with Gasteiger partial charge >= 0.3 is 6.18 Å². The van der Waals surface area contributed by atoms with Crippen molar-refractivity contribution in [3.05, 3.63) is 60.4 Å². The van der Waals surface area contributed by atoms with E-state index in [1.165, 1.54) is 6.07 Å². The minimum absolute atomic E-state index is 0.102. The number of amides is 1. The fourth-order valence-corrected chi connectivity index (χ4v) is 4.65. The van der Waals surface area contributed by atoms with Gasteiger partial charge in [-0.05, 0) is 29.7 Å². The summed E-state index contributed by atoms with van der Waals surface area (Å²) in [5, 5.41) is 1.11. The third kappa shape index (κ3) is 3.40. The van der Waals surface area contributed by atoms with Crippen molar-refractivity contribution in [2.24, 2.45) is 11.8 Å². The van der Waals surface area contributed by atoms with Crippen LogP contribution in [0.2, 0.25) is 0 Å². The molecule has 2 saturated heterocycles. The van der Waals surface area contributed by atoms with E-state index in [2.05, 4.69) is 4.98 Å². The van der Waals surface area contributed by atoms with Crippen molar-refractivity contribution in [3.8, 4) is 0 Å². The molecule has 2 aliphatic rings. The van der Waals surface area contributed by atoms with Gasteiger partial charge in [-0.2, -0.15) is 13.2 Å². The number of fused-ring (bicyclic) bond motifs is 2. The number of anilines is 1. The summed E-state index contributed by atoms with van der Waals surface area (Å²) in [6.45, 7) is 3.09. The van der Waals surface area contributed by atoms with Crippen LogP contribution in [-0.2, 0) is 17.5 Å². The SMILES string of the molecule is O=C(Cn1ccc2ccccc21)N1CC2CN(c3ccc(C(F)(F)F)cn3)CC2C1. The molecule has 1 aromatic carbocycles. The summed E-state index contributed by atoms with van der Waals surface area (Å²) in [5.74, 6) is 1.30. The van der Waals surface area contributed by atoms with Gasteiger partial charge in [0.15, 0.2) is 0 Å². The highest BCUT2D eigenvalue weighted by molar-refractivity contribution is 5.83. The largest absolute Gasteiger partial charge is 0.417 e. The Balaban J connectivity index is 1.21. The molecule has 2 aromatic heterocycles. The van der Waals surface area contributed by atoms with Gasteiger partial charge in [0.2, 0.25) is 5.91 Å². The number of nitrogens with zero attached hydrogens (tertiary/aromatic N) is 4. The smallest absolute Gasteiger partial charge is 0.356 e. The van der Waals surface area contributed by atoms with Gasteiger partial charge in [-0.25, -0.2) is 4.98 Å². The van der Waals surface area contributed by atoms with Crippen LogP contribution in [0.5, 0.6) is 0 Å². The number of para-hydroxylation sites is 1. The lowest BCUT2D eigenvalue weighted by Crippen LogP contribution is -2.35. The van der Waals surface area contributed by atoms with Crippen molar-refractivity contribution in [2.45, 2.75) is 12.7 Å². The molecule has 4 heterocycles. The van der Waals surface area contributed by atoms with Crippen LogP contribution in [0.15, 0.2) is 54.9 Å². The van der Waals surface area contributed by atoms with Crippen molar-refractivity contribution in [3.63, 3.8) is 0 Å². The van der Waals surface area contributed by atoms with Gasteiger partial charge in [0.25, 0.3) is 0 Å². The van der Waals surface area contributed by atoms with Gasteiger partial charge in [-0.1, -0.05) is 18.2 Å². The number of benzene rings is 1. The first kappa shape index (κ1) is 19.0. The maximum absolute atomic E-state index is 12.8. The number of rotatable bonds is 3. The molecule has 1 amide bonds. The summed E-state index contributed by atoms with van der Waals surface area (Å²) in [5.41, 5.74) is 0.310. The molecule has 0 radical (unpaired) electrons. The van der Waals surface area contributed by atoms with E-state index < -0.39 is 11.7 Å². The van der Waals surface area contributed by atoms with Gasteiger partial charge in [0.05, 0.1) is 5.56 Å². The Morgan fingerprint density at radius 2 is 1.73 bits per heavy atom. The summed E-state index contributed by atoms with van der Waals surface area (Å²) in [6, 6.07) is 12.5. The number of hydrogen-bond donors (Lipinski definition) is 0. The normalized spacial score (nSPS) is 21.4. The van der Waals surface area contributed by atoms with Crippen LogP contribution < -0.4 is 4.90 Å². The van der Waals surface area contributed by atoms with E-state index in [-0.39, 0.29) is 5.91 Å². The van der Waals surface area contributed by atoms with Crippen molar-refractivity contribution < 1.29 is 18.0 Å². The first-order valence-corrected chi connectivity index (χ1v) is 9.98. The first-order chi connectivity index (χ1) is 14.4. The standard InChI is InChI=1S/C22H21F3N4O/c23-22(24,25)18-5-6-20(26-9-18)28-10-16-12-29(13-17(16)11-28)21(30)14-27-8-7-15-3-1-2-4-19(15)27/h1-9,16-17H,10-14H2. The molecule has 2 aliphatic heterocycles. The Labute approximate surface area is 171 Å². The zero-order valence-electron chi connectivity index (χ0n) is 16.2. The van der Waals surface area contributed by atoms with E-state index in [1.54, 1.807) is 0 Å². The Morgan fingerprint density at radius 3 is 2.40 bits per heavy atom. The number of likely N-dealkylation sites (tertiary alicyclic amines) is 1. The predicted octanol–water partition coefficient (Wildman–Crippen LogP) is 3.65. The lowest BCUT2D eigenvalue weighted by molar-refractivity contribution is -0.137. The third-order valence-electron chi connectivity index (χ3n) is 6.22. The monoisotopic (exact) mass is 414 g/mol. The van der Waals surface area contributed by atoms with Gasteiger partial charge < -0.3 is 14.4 Å². The van der Waals surface area contributed by atoms with Crippen LogP contribution in [0.3, 0.4) is 0 Å². The van der Waals surface area contributed by atoms with Crippen LogP contribution in [0, 0.1) is 11.8 Å².